The van der Waals surface area contributed by atoms with Crippen molar-refractivity contribution in [3.8, 4) is 6.07 Å². The number of hydrogen-bond acceptors (Lipinski definition) is 2. The molecule has 3 aliphatic heterocycles. The highest BCUT2D eigenvalue weighted by Crippen LogP contribution is 2.38. The molecule has 0 aromatic heterocycles. The molecule has 0 aromatic carbocycles. The van der Waals surface area contributed by atoms with Crippen LogP contribution in [0.5, 0.6) is 0 Å². The van der Waals surface area contributed by atoms with Gasteiger partial charge in [0.05, 0.1) is 0 Å². The Morgan fingerprint density at radius 2 is 2.10 bits per heavy atom. The minimum atomic E-state index is -0.0330. The SMILES string of the molecule is N#CC12[CH+]CN(CC1)CC2. The average Bonchev–Trinajstić information content (AvgIpc) is 2.08. The summed E-state index contributed by atoms with van der Waals surface area (Å²) in [6, 6.07) is 2.42. The third kappa shape index (κ3) is 0.708. The summed E-state index contributed by atoms with van der Waals surface area (Å²) >= 11 is 0. The Morgan fingerprint density at radius 3 is 2.40 bits per heavy atom. The highest BCUT2D eigenvalue weighted by Gasteiger charge is 2.47. The highest BCUT2D eigenvalue weighted by atomic mass is 15.1. The minimum absolute atomic E-state index is 0.0330. The smallest absolute Gasteiger partial charge is 0.196 e. The molecule has 3 fully saturated rings. The number of nitrogens with zero attached hydrogens (tertiary/aromatic N) is 2. The summed E-state index contributed by atoms with van der Waals surface area (Å²) in [7, 11) is 0. The maximum atomic E-state index is 8.87. The molecular weight excluding hydrogens is 124 g/mol. The van der Waals surface area contributed by atoms with Crippen LogP contribution in [0.2, 0.25) is 0 Å². The summed E-state index contributed by atoms with van der Waals surface area (Å²) in [5, 5.41) is 8.87. The van der Waals surface area contributed by atoms with Gasteiger partial charge in [0.15, 0.2) is 5.41 Å². The van der Waals surface area contributed by atoms with Crippen LogP contribution in [0.25, 0.3) is 0 Å². The molecule has 3 heterocycles. The molecule has 0 unspecified atom stereocenters. The molecule has 2 heteroatoms. The summed E-state index contributed by atoms with van der Waals surface area (Å²) in [4.78, 5) is 2.40. The molecule has 3 saturated heterocycles. The topological polar surface area (TPSA) is 27.0 Å². The first-order valence-electron chi connectivity index (χ1n) is 3.83. The molecular formula is C8H11N2+. The van der Waals surface area contributed by atoms with Crippen LogP contribution in [0.15, 0.2) is 0 Å². The van der Waals surface area contributed by atoms with Crippen LogP contribution in [0.4, 0.5) is 0 Å². The van der Waals surface area contributed by atoms with E-state index in [9.17, 15) is 0 Å². The van der Waals surface area contributed by atoms with E-state index >= 15 is 0 Å². The molecule has 0 radical (unpaired) electrons. The van der Waals surface area contributed by atoms with Crippen molar-refractivity contribution in [3.63, 3.8) is 0 Å². The van der Waals surface area contributed by atoms with Crippen LogP contribution >= 0.6 is 0 Å². The van der Waals surface area contributed by atoms with Gasteiger partial charge in [0, 0.05) is 25.9 Å². The molecule has 3 aliphatic rings. The lowest BCUT2D eigenvalue weighted by Crippen LogP contribution is -2.47. The first-order chi connectivity index (χ1) is 4.85. The maximum Gasteiger partial charge on any atom is 0.196 e. The molecule has 3 rings (SSSR count). The van der Waals surface area contributed by atoms with Gasteiger partial charge in [-0.1, -0.05) is 0 Å². The monoisotopic (exact) mass is 135 g/mol. The predicted molar refractivity (Wildman–Crippen MR) is 38.0 cm³/mol. The second-order valence-corrected chi connectivity index (χ2v) is 3.27. The lowest BCUT2D eigenvalue weighted by Gasteiger charge is -2.37. The second kappa shape index (κ2) is 1.90. The number of piperidine rings is 3. The zero-order valence-corrected chi connectivity index (χ0v) is 6.01. The maximum absolute atomic E-state index is 8.87. The van der Waals surface area contributed by atoms with Crippen molar-refractivity contribution in [2.45, 2.75) is 12.8 Å². The Bertz CT molecular complexity index is 158. The number of nitriles is 1. The molecule has 0 aliphatic carbocycles. The van der Waals surface area contributed by atoms with E-state index < -0.39 is 0 Å². The quantitative estimate of drug-likeness (QED) is 0.459. The van der Waals surface area contributed by atoms with Gasteiger partial charge in [0.1, 0.15) is 19.0 Å². The second-order valence-electron chi connectivity index (χ2n) is 3.27. The summed E-state index contributed by atoms with van der Waals surface area (Å²) in [5.74, 6) is 0. The fraction of sp³-hybridized carbons (Fsp3) is 0.750. The highest BCUT2D eigenvalue weighted by molar-refractivity contribution is 5.14. The van der Waals surface area contributed by atoms with Crippen molar-refractivity contribution in [2.75, 3.05) is 19.6 Å². The lowest BCUT2D eigenvalue weighted by atomic mass is 9.73. The zero-order valence-electron chi connectivity index (χ0n) is 6.01. The molecule has 0 spiro atoms. The van der Waals surface area contributed by atoms with Gasteiger partial charge in [-0.25, -0.2) is 0 Å². The van der Waals surface area contributed by atoms with E-state index in [1.165, 1.54) is 0 Å². The Morgan fingerprint density at radius 1 is 1.40 bits per heavy atom. The van der Waals surface area contributed by atoms with Gasteiger partial charge in [0.25, 0.3) is 0 Å². The van der Waals surface area contributed by atoms with Crippen LogP contribution < -0.4 is 0 Å². The Labute approximate surface area is 61.4 Å². The Kier molecular flexibility index (Phi) is 1.15. The minimum Gasteiger partial charge on any atom is -0.265 e. The summed E-state index contributed by atoms with van der Waals surface area (Å²) in [5.41, 5.74) is -0.0330. The van der Waals surface area contributed by atoms with E-state index in [1.54, 1.807) is 0 Å². The molecule has 2 nitrogen and oxygen atoms in total. The normalized spacial score (nSPS) is 44.1. The van der Waals surface area contributed by atoms with E-state index in [4.69, 9.17) is 5.26 Å². The third-order valence-electron chi connectivity index (χ3n) is 2.71. The third-order valence-corrected chi connectivity index (χ3v) is 2.71. The molecule has 52 valence electrons. The van der Waals surface area contributed by atoms with Crippen LogP contribution in [0, 0.1) is 23.2 Å². The zero-order chi connectivity index (χ0) is 7.03. The van der Waals surface area contributed by atoms with Crippen LogP contribution in [-0.2, 0) is 0 Å². The van der Waals surface area contributed by atoms with Gasteiger partial charge in [-0.2, -0.15) is 5.26 Å². The largest absolute Gasteiger partial charge is 0.265 e. The molecule has 10 heavy (non-hydrogen) atoms. The molecule has 0 aromatic rings. The van der Waals surface area contributed by atoms with Crippen LogP contribution in [-0.4, -0.2) is 24.5 Å². The van der Waals surface area contributed by atoms with Crippen LogP contribution in [0.1, 0.15) is 12.8 Å². The molecule has 2 bridgehead atoms. The van der Waals surface area contributed by atoms with Crippen molar-refractivity contribution < 1.29 is 0 Å². The van der Waals surface area contributed by atoms with E-state index in [1.807, 2.05) is 0 Å². The number of fused-ring (bicyclic) bond motifs is 3. The molecule has 0 amide bonds. The van der Waals surface area contributed by atoms with Crippen LogP contribution in [0.3, 0.4) is 0 Å². The van der Waals surface area contributed by atoms with Gasteiger partial charge in [-0.15, -0.1) is 0 Å². The summed E-state index contributed by atoms with van der Waals surface area (Å²) in [6.45, 7) is 3.29. The van der Waals surface area contributed by atoms with Gasteiger partial charge in [0.2, 0.25) is 0 Å². The predicted octanol–water partition coefficient (Wildman–Crippen LogP) is 0.810. The summed E-state index contributed by atoms with van der Waals surface area (Å²) in [6.07, 6.45) is 4.30. The van der Waals surface area contributed by atoms with Crippen molar-refractivity contribution in [1.82, 2.24) is 4.90 Å². The van der Waals surface area contributed by atoms with Gasteiger partial charge in [-0.05, 0) is 0 Å². The van der Waals surface area contributed by atoms with Crippen molar-refractivity contribution in [2.24, 2.45) is 5.41 Å². The standard InChI is InChI=1S/C8H11N2/c9-7-8-1-4-10(5-2-8)6-3-8/h1H,2-6H2/q+1. The van der Waals surface area contributed by atoms with E-state index in [0.29, 0.717) is 0 Å². The Balaban J connectivity index is 2.17. The van der Waals surface area contributed by atoms with E-state index in [-0.39, 0.29) is 5.41 Å². The number of hydrogen-bond donors (Lipinski definition) is 0. The average molecular weight is 135 g/mol. The molecule has 0 saturated carbocycles. The Hall–Kier alpha value is -0.680. The first kappa shape index (κ1) is 6.06. The van der Waals surface area contributed by atoms with Gasteiger partial charge >= 0.3 is 0 Å². The van der Waals surface area contributed by atoms with Gasteiger partial charge in [-0.3, -0.25) is 4.90 Å². The lowest BCUT2D eigenvalue weighted by molar-refractivity contribution is 0.116. The van der Waals surface area contributed by atoms with E-state index in [2.05, 4.69) is 17.4 Å². The number of rotatable bonds is 0. The summed E-state index contributed by atoms with van der Waals surface area (Å²) < 4.78 is 0. The fourth-order valence-corrected chi connectivity index (χ4v) is 1.80. The first-order valence-corrected chi connectivity index (χ1v) is 3.83. The molecule has 0 atom stereocenters. The molecule has 0 N–H and O–H groups in total. The van der Waals surface area contributed by atoms with Crippen molar-refractivity contribution >= 4 is 0 Å². The van der Waals surface area contributed by atoms with Crippen molar-refractivity contribution in [3.05, 3.63) is 6.42 Å². The fourth-order valence-electron chi connectivity index (χ4n) is 1.80. The van der Waals surface area contributed by atoms with E-state index in [0.717, 1.165) is 32.5 Å². The van der Waals surface area contributed by atoms with Crippen molar-refractivity contribution in [1.29, 1.82) is 5.26 Å². The van der Waals surface area contributed by atoms with Gasteiger partial charge < -0.3 is 0 Å².